The van der Waals surface area contributed by atoms with Crippen LogP contribution in [0, 0.1) is 0 Å². The molecule has 18 heavy (non-hydrogen) atoms. The molecule has 0 saturated heterocycles. The maximum Gasteiger partial charge on any atom is 0.102 e. The van der Waals surface area contributed by atoms with E-state index in [1.54, 1.807) is 13.8 Å². The highest BCUT2D eigenvalue weighted by Gasteiger charge is 2.21. The molecule has 0 radical (unpaired) electrons. The summed E-state index contributed by atoms with van der Waals surface area (Å²) in [6.07, 6.45) is 0. The molecule has 1 aromatic heterocycles. The van der Waals surface area contributed by atoms with Crippen molar-refractivity contribution in [3.05, 3.63) is 54.2 Å². The summed E-state index contributed by atoms with van der Waals surface area (Å²) in [5.74, 6) is 0. The molecule has 0 amide bonds. The number of para-hydroxylation sites is 1. The van der Waals surface area contributed by atoms with Crippen molar-refractivity contribution in [2.45, 2.75) is 19.4 Å². The molecule has 2 aromatic carbocycles. The van der Waals surface area contributed by atoms with Gasteiger partial charge in [-0.15, -0.1) is 0 Å². The topological polar surface area (TPSA) is 33.1 Å². The Morgan fingerprint density at radius 3 is 2.06 bits per heavy atom. The molecule has 2 nitrogen and oxygen atoms in total. The fourth-order valence-corrected chi connectivity index (χ4v) is 2.37. The third-order valence-corrected chi connectivity index (χ3v) is 3.19. The number of nitrogens with zero attached hydrogens (tertiary/aromatic N) is 1. The Morgan fingerprint density at radius 2 is 1.39 bits per heavy atom. The molecule has 0 unspecified atom stereocenters. The number of hydrogen-bond donors (Lipinski definition) is 1. The molecule has 0 fully saturated rings. The summed E-state index contributed by atoms with van der Waals surface area (Å²) in [5.41, 5.74) is 0.717. The Labute approximate surface area is 106 Å². The molecular weight excluding hydrogens is 222 g/mol. The van der Waals surface area contributed by atoms with Crippen molar-refractivity contribution in [1.82, 2.24) is 4.98 Å². The highest BCUT2D eigenvalue weighted by atomic mass is 16.3. The summed E-state index contributed by atoms with van der Waals surface area (Å²) >= 11 is 0. The van der Waals surface area contributed by atoms with Gasteiger partial charge in [-0.25, -0.2) is 4.98 Å². The van der Waals surface area contributed by atoms with Gasteiger partial charge in [-0.2, -0.15) is 0 Å². The zero-order valence-electron chi connectivity index (χ0n) is 10.5. The second kappa shape index (κ2) is 3.79. The second-order valence-corrected chi connectivity index (χ2v) is 5.08. The quantitative estimate of drug-likeness (QED) is 0.656. The molecule has 2 heteroatoms. The zero-order chi connectivity index (χ0) is 12.8. The van der Waals surface area contributed by atoms with Crippen LogP contribution >= 0.6 is 0 Å². The zero-order valence-corrected chi connectivity index (χ0v) is 10.5. The molecule has 3 aromatic rings. The average molecular weight is 237 g/mol. The van der Waals surface area contributed by atoms with Crippen LogP contribution in [0.15, 0.2) is 48.5 Å². The van der Waals surface area contributed by atoms with Crippen LogP contribution in [0.5, 0.6) is 0 Å². The summed E-state index contributed by atoms with van der Waals surface area (Å²) in [5, 5.41) is 13.6. The number of aliphatic hydroxyl groups is 1. The molecule has 0 bridgehead atoms. The first-order valence-electron chi connectivity index (χ1n) is 6.08. The van der Waals surface area contributed by atoms with Gasteiger partial charge >= 0.3 is 0 Å². The van der Waals surface area contributed by atoms with Gasteiger partial charge in [0.1, 0.15) is 5.60 Å². The average Bonchev–Trinajstić information content (AvgIpc) is 2.37. The monoisotopic (exact) mass is 237 g/mol. The predicted molar refractivity (Wildman–Crippen MR) is 74.5 cm³/mol. The van der Waals surface area contributed by atoms with E-state index < -0.39 is 5.60 Å². The second-order valence-electron chi connectivity index (χ2n) is 5.08. The lowest BCUT2D eigenvalue weighted by Crippen LogP contribution is -2.18. The Bertz CT molecular complexity index is 726. The molecule has 1 N–H and O–H groups in total. The van der Waals surface area contributed by atoms with E-state index in [9.17, 15) is 5.11 Å². The van der Waals surface area contributed by atoms with Crippen molar-refractivity contribution in [1.29, 1.82) is 0 Å². The van der Waals surface area contributed by atoms with Gasteiger partial charge in [-0.3, -0.25) is 0 Å². The van der Waals surface area contributed by atoms with Gasteiger partial charge in [-0.05, 0) is 25.3 Å². The van der Waals surface area contributed by atoms with Crippen molar-refractivity contribution in [3.8, 4) is 0 Å². The van der Waals surface area contributed by atoms with Crippen molar-refractivity contribution < 1.29 is 5.11 Å². The van der Waals surface area contributed by atoms with Crippen LogP contribution in [-0.4, -0.2) is 10.1 Å². The Balaban J connectivity index is 2.55. The first kappa shape index (κ1) is 11.2. The number of rotatable bonds is 1. The van der Waals surface area contributed by atoms with Crippen LogP contribution in [0.2, 0.25) is 0 Å². The maximum atomic E-state index is 10.3. The number of hydrogen-bond acceptors (Lipinski definition) is 2. The summed E-state index contributed by atoms with van der Waals surface area (Å²) in [6, 6.07) is 16.1. The summed E-state index contributed by atoms with van der Waals surface area (Å²) < 4.78 is 0. The molecule has 0 atom stereocenters. The fraction of sp³-hybridized carbons (Fsp3) is 0.188. The molecular formula is C16H15NO. The molecule has 0 spiro atoms. The Morgan fingerprint density at radius 1 is 0.833 bits per heavy atom. The highest BCUT2D eigenvalue weighted by Crippen LogP contribution is 2.31. The predicted octanol–water partition coefficient (Wildman–Crippen LogP) is 3.62. The van der Waals surface area contributed by atoms with Gasteiger partial charge in [0.25, 0.3) is 0 Å². The number of pyridine rings is 1. The molecule has 0 aliphatic rings. The van der Waals surface area contributed by atoms with Gasteiger partial charge in [0.2, 0.25) is 0 Å². The molecule has 0 aliphatic heterocycles. The lowest BCUT2D eigenvalue weighted by molar-refractivity contribution is 0.0759. The Kier molecular flexibility index (Phi) is 2.35. The maximum absolute atomic E-state index is 10.3. The van der Waals surface area contributed by atoms with Crippen LogP contribution in [-0.2, 0) is 5.60 Å². The van der Waals surface area contributed by atoms with E-state index in [4.69, 9.17) is 0 Å². The smallest absolute Gasteiger partial charge is 0.102 e. The molecule has 90 valence electrons. The number of aromatic nitrogens is 1. The molecule has 1 heterocycles. The molecule has 0 saturated carbocycles. The molecule has 3 rings (SSSR count). The van der Waals surface area contributed by atoms with E-state index in [0.717, 1.165) is 27.4 Å². The van der Waals surface area contributed by atoms with Crippen molar-refractivity contribution >= 4 is 21.7 Å². The van der Waals surface area contributed by atoms with Gasteiger partial charge in [-0.1, -0.05) is 42.5 Å². The lowest BCUT2D eigenvalue weighted by Gasteiger charge is -2.20. The van der Waals surface area contributed by atoms with Gasteiger partial charge in [0, 0.05) is 10.8 Å². The van der Waals surface area contributed by atoms with Crippen LogP contribution in [0.4, 0.5) is 0 Å². The first-order valence-corrected chi connectivity index (χ1v) is 6.08. The van der Waals surface area contributed by atoms with Crippen molar-refractivity contribution in [3.63, 3.8) is 0 Å². The van der Waals surface area contributed by atoms with E-state index in [-0.39, 0.29) is 0 Å². The van der Waals surface area contributed by atoms with Gasteiger partial charge in [0.15, 0.2) is 0 Å². The normalized spacial score (nSPS) is 12.2. The SMILES string of the molecule is CC(C)(O)c1nc2ccccc2c2ccccc12. The third-order valence-electron chi connectivity index (χ3n) is 3.19. The first-order chi connectivity index (χ1) is 8.57. The van der Waals surface area contributed by atoms with Crippen molar-refractivity contribution in [2.24, 2.45) is 0 Å². The fourth-order valence-electron chi connectivity index (χ4n) is 2.37. The summed E-state index contributed by atoms with van der Waals surface area (Å²) in [4.78, 5) is 4.62. The number of fused-ring (bicyclic) bond motifs is 3. The van der Waals surface area contributed by atoms with Gasteiger partial charge in [0.05, 0.1) is 11.2 Å². The number of benzene rings is 2. The van der Waals surface area contributed by atoms with E-state index in [1.165, 1.54) is 0 Å². The lowest BCUT2D eigenvalue weighted by atomic mass is 9.96. The Hall–Kier alpha value is -1.93. The third kappa shape index (κ3) is 1.66. The standard InChI is InChI=1S/C16H15NO/c1-16(2,18)15-13-9-4-3-7-11(13)12-8-5-6-10-14(12)17-15/h3-10,18H,1-2H3. The minimum Gasteiger partial charge on any atom is -0.384 e. The van der Waals surface area contributed by atoms with Crippen LogP contribution in [0.1, 0.15) is 19.5 Å². The van der Waals surface area contributed by atoms with Crippen molar-refractivity contribution in [2.75, 3.05) is 0 Å². The summed E-state index contributed by atoms with van der Waals surface area (Å²) in [7, 11) is 0. The molecule has 0 aliphatic carbocycles. The minimum absolute atomic E-state index is 0.733. The minimum atomic E-state index is -0.941. The van der Waals surface area contributed by atoms with E-state index in [2.05, 4.69) is 17.1 Å². The van der Waals surface area contributed by atoms with E-state index in [1.807, 2.05) is 36.4 Å². The van der Waals surface area contributed by atoms with Crippen LogP contribution in [0.25, 0.3) is 21.7 Å². The van der Waals surface area contributed by atoms with Crippen LogP contribution < -0.4 is 0 Å². The largest absolute Gasteiger partial charge is 0.384 e. The highest BCUT2D eigenvalue weighted by molar-refractivity contribution is 6.06. The van der Waals surface area contributed by atoms with Gasteiger partial charge < -0.3 is 5.11 Å². The summed E-state index contributed by atoms with van der Waals surface area (Å²) in [6.45, 7) is 3.55. The van der Waals surface area contributed by atoms with E-state index in [0.29, 0.717) is 0 Å². The van der Waals surface area contributed by atoms with Crippen LogP contribution in [0.3, 0.4) is 0 Å². The van der Waals surface area contributed by atoms with E-state index >= 15 is 0 Å².